The van der Waals surface area contributed by atoms with E-state index in [2.05, 4.69) is 35.7 Å². The van der Waals surface area contributed by atoms with E-state index in [9.17, 15) is 24.6 Å². The second kappa shape index (κ2) is 21.2. The lowest BCUT2D eigenvalue weighted by Gasteiger charge is -2.40. The SMILES string of the molecule is Cc1ncsc1-c1ccc([C@H](C)NC(=O)[C@@H]2C[C@@H](O)CN2C(=O)[C@@H](NC(=O)COC2CN(C[C@@H](C)Oc3nc(N4CCNCC4)c4cc(Cl)c(-c5cc(O)cc6ccccc56)c(F)c4n3)C2)C(C)(C)C)cc1. The maximum absolute atomic E-state index is 17.0. The summed E-state index contributed by atoms with van der Waals surface area (Å²) in [6.07, 6.45) is -1.51. The van der Waals surface area contributed by atoms with Crippen LogP contribution in [0.25, 0.3) is 43.2 Å². The number of hydrogen-bond donors (Lipinski definition) is 5. The molecule has 9 rings (SSSR count). The average Bonchev–Trinajstić information content (AvgIpc) is 3.96. The van der Waals surface area contributed by atoms with Crippen LogP contribution in [-0.2, 0) is 19.1 Å². The summed E-state index contributed by atoms with van der Waals surface area (Å²) >= 11 is 8.45. The van der Waals surface area contributed by atoms with Crippen LogP contribution >= 0.6 is 22.9 Å². The monoisotopic (exact) mass is 1020 g/mol. The zero-order chi connectivity index (χ0) is 51.0. The van der Waals surface area contributed by atoms with Crippen LogP contribution in [-0.4, -0.2) is 142 Å². The van der Waals surface area contributed by atoms with E-state index >= 15 is 4.39 Å². The summed E-state index contributed by atoms with van der Waals surface area (Å²) in [7, 11) is 0. The van der Waals surface area contributed by atoms with Gasteiger partial charge in [0.25, 0.3) is 0 Å². The number of hydrogen-bond acceptors (Lipinski definition) is 14. The Kier molecular flexibility index (Phi) is 15.0. The number of piperazine rings is 1. The van der Waals surface area contributed by atoms with E-state index in [1.54, 1.807) is 23.5 Å². The summed E-state index contributed by atoms with van der Waals surface area (Å²) < 4.78 is 29.3. The van der Waals surface area contributed by atoms with E-state index in [0.717, 1.165) is 32.5 Å². The van der Waals surface area contributed by atoms with Gasteiger partial charge in [-0.3, -0.25) is 19.3 Å². The van der Waals surface area contributed by atoms with Gasteiger partial charge in [-0.25, -0.2) is 9.37 Å². The summed E-state index contributed by atoms with van der Waals surface area (Å²) in [5.74, 6) is -1.48. The van der Waals surface area contributed by atoms with Crippen LogP contribution in [0.15, 0.2) is 72.2 Å². The van der Waals surface area contributed by atoms with E-state index in [1.165, 1.54) is 11.0 Å². The first-order valence-corrected chi connectivity index (χ1v) is 25.6. The van der Waals surface area contributed by atoms with Crippen LogP contribution in [0.2, 0.25) is 5.02 Å². The van der Waals surface area contributed by atoms with Gasteiger partial charge in [-0.1, -0.05) is 80.9 Å². The third-order valence-electron chi connectivity index (χ3n) is 13.6. The number of phenols is 1. The third-order valence-corrected chi connectivity index (χ3v) is 14.9. The number of anilines is 1. The number of likely N-dealkylation sites (tertiary alicyclic amines) is 2. The zero-order valence-corrected chi connectivity index (χ0v) is 42.8. The third kappa shape index (κ3) is 11.0. The van der Waals surface area contributed by atoms with Crippen molar-refractivity contribution in [1.82, 2.24) is 40.7 Å². The van der Waals surface area contributed by atoms with Crippen molar-refractivity contribution in [1.29, 1.82) is 0 Å². The van der Waals surface area contributed by atoms with Crippen LogP contribution in [0, 0.1) is 18.2 Å². The molecule has 19 heteroatoms. The molecule has 0 radical (unpaired) electrons. The van der Waals surface area contributed by atoms with Crippen LogP contribution in [0.3, 0.4) is 0 Å². The molecule has 3 saturated heterocycles. The number of carbonyl (C=O) groups excluding carboxylic acids is 3. The molecule has 5 atom stereocenters. The lowest BCUT2D eigenvalue weighted by molar-refractivity contribution is -0.146. The fraction of sp³-hybridized carbons (Fsp3) is 0.434. The second-order valence-electron chi connectivity index (χ2n) is 20.2. The minimum atomic E-state index is -1.00. The first kappa shape index (κ1) is 50.9. The van der Waals surface area contributed by atoms with E-state index in [-0.39, 0.29) is 65.5 Å². The summed E-state index contributed by atoms with van der Waals surface area (Å²) in [5, 5.41) is 32.6. The Morgan fingerprint density at radius 1 is 0.986 bits per heavy atom. The standard InChI is InChI=1S/C53H61ClFN9O7S/c1-29(71-52-60-46-40(49(61-52)63-17-15-56-16-18-63)22-41(54)44(45(46)55)39-20-35(65)19-34-9-7-8-10-38(34)39)23-62-25-37(26-62)70-27-43(67)59-48(53(4,5)6)51(69)64-24-36(66)21-42(64)50(68)58-30(2)32-11-13-33(14-12-32)47-31(3)57-28-72-47/h7-14,19-20,22,28-30,36-37,42,48,56,65-66H,15-18,21,23-27H2,1-6H3,(H,58,68)(H,59,67)/t29-,30+,36-,42+,48-/m1/s1. The molecule has 380 valence electrons. The highest BCUT2D eigenvalue weighted by Crippen LogP contribution is 2.43. The quantitative estimate of drug-likeness (QED) is 0.0737. The molecule has 6 aromatic rings. The molecule has 3 amide bonds. The molecule has 3 aliphatic rings. The molecule has 0 aliphatic carbocycles. The predicted molar refractivity (Wildman–Crippen MR) is 277 cm³/mol. The maximum Gasteiger partial charge on any atom is 0.319 e. The van der Waals surface area contributed by atoms with Crippen LogP contribution in [0.4, 0.5) is 10.2 Å². The number of ether oxygens (including phenoxy) is 2. The number of carbonyl (C=O) groups is 3. The number of nitrogens with zero attached hydrogens (tertiary/aromatic N) is 6. The number of aromatic hydroxyl groups is 1. The Morgan fingerprint density at radius 3 is 2.43 bits per heavy atom. The van der Waals surface area contributed by atoms with Crippen molar-refractivity contribution in [3.8, 4) is 33.3 Å². The summed E-state index contributed by atoms with van der Waals surface area (Å²) in [6, 6.07) is 17.8. The number of rotatable bonds is 15. The van der Waals surface area contributed by atoms with Crippen LogP contribution in [0.5, 0.6) is 11.8 Å². The Bertz CT molecular complexity index is 2980. The van der Waals surface area contributed by atoms with Crippen molar-refractivity contribution in [3.63, 3.8) is 0 Å². The first-order chi connectivity index (χ1) is 34.4. The largest absolute Gasteiger partial charge is 0.508 e. The van der Waals surface area contributed by atoms with Gasteiger partial charge in [0.2, 0.25) is 17.7 Å². The number of aliphatic hydroxyl groups is 1. The van der Waals surface area contributed by atoms with Gasteiger partial charge in [0.05, 0.1) is 39.4 Å². The summed E-state index contributed by atoms with van der Waals surface area (Å²) in [4.78, 5) is 61.8. The highest BCUT2D eigenvalue weighted by atomic mass is 35.5. The number of benzene rings is 4. The minimum Gasteiger partial charge on any atom is -0.508 e. The van der Waals surface area contributed by atoms with Gasteiger partial charge in [0.15, 0.2) is 5.82 Å². The lowest BCUT2D eigenvalue weighted by atomic mass is 9.85. The maximum atomic E-state index is 17.0. The lowest BCUT2D eigenvalue weighted by Crippen LogP contribution is -2.59. The number of phenolic OH excluding ortho intramolecular Hbond substituents is 1. The molecule has 0 spiro atoms. The van der Waals surface area contributed by atoms with Gasteiger partial charge in [0.1, 0.15) is 41.9 Å². The highest BCUT2D eigenvalue weighted by molar-refractivity contribution is 7.13. The van der Waals surface area contributed by atoms with Crippen molar-refractivity contribution in [2.45, 2.75) is 84.4 Å². The molecule has 0 saturated carbocycles. The van der Waals surface area contributed by atoms with Crippen molar-refractivity contribution >= 4 is 68.2 Å². The molecule has 3 aliphatic heterocycles. The fourth-order valence-electron chi connectivity index (χ4n) is 9.85. The summed E-state index contributed by atoms with van der Waals surface area (Å²) in [6.45, 7) is 15.1. The van der Waals surface area contributed by atoms with E-state index in [1.807, 2.05) is 95.6 Å². The molecule has 2 aromatic heterocycles. The van der Waals surface area contributed by atoms with E-state index in [4.69, 9.17) is 26.1 Å². The Balaban J connectivity index is 0.802. The molecule has 4 aromatic carbocycles. The van der Waals surface area contributed by atoms with Gasteiger partial charge >= 0.3 is 6.01 Å². The molecule has 3 fully saturated rings. The second-order valence-corrected chi connectivity index (χ2v) is 21.4. The zero-order valence-electron chi connectivity index (χ0n) is 41.2. The fourth-order valence-corrected chi connectivity index (χ4v) is 11.0. The Morgan fingerprint density at radius 2 is 1.72 bits per heavy atom. The van der Waals surface area contributed by atoms with E-state index in [0.29, 0.717) is 62.6 Å². The number of halogens is 2. The van der Waals surface area contributed by atoms with Gasteiger partial charge < -0.3 is 45.4 Å². The Hall–Kier alpha value is -6.02. The molecule has 0 bridgehead atoms. The molecular formula is C53H61ClFN9O7S. The normalized spacial score (nSPS) is 19.0. The molecular weight excluding hydrogens is 961 g/mol. The number of amides is 3. The molecule has 5 N–H and O–H groups in total. The van der Waals surface area contributed by atoms with Crippen molar-refractivity contribution in [2.75, 3.05) is 63.9 Å². The minimum absolute atomic E-state index is 0.0125. The molecule has 0 unspecified atom stereocenters. The number of thiazole rings is 1. The van der Waals surface area contributed by atoms with Crippen LogP contribution in [0.1, 0.15) is 58.3 Å². The topological polar surface area (TPSA) is 195 Å². The van der Waals surface area contributed by atoms with Gasteiger partial charge in [0, 0.05) is 69.7 Å². The smallest absolute Gasteiger partial charge is 0.319 e. The first-order valence-electron chi connectivity index (χ1n) is 24.4. The van der Waals surface area contributed by atoms with Gasteiger partial charge in [-0.05, 0) is 71.8 Å². The number of aliphatic hydroxyl groups excluding tert-OH is 1. The van der Waals surface area contributed by atoms with Gasteiger partial charge in [-0.15, -0.1) is 11.3 Å². The summed E-state index contributed by atoms with van der Waals surface area (Å²) in [5.41, 5.74) is 4.56. The number of β-amino-alcohol motifs (C(OH)–C–C–N with tert-alkyl or cyclic N) is 1. The predicted octanol–water partition coefficient (Wildman–Crippen LogP) is 6.63. The number of fused-ring (bicyclic) bond motifs is 2. The number of nitrogens with one attached hydrogen (secondary N) is 3. The van der Waals surface area contributed by atoms with Crippen LogP contribution < -0.4 is 25.6 Å². The van der Waals surface area contributed by atoms with E-state index < -0.39 is 47.3 Å². The van der Waals surface area contributed by atoms with Crippen molar-refractivity contribution in [2.24, 2.45) is 5.41 Å². The van der Waals surface area contributed by atoms with Crippen molar-refractivity contribution < 1.29 is 38.5 Å². The molecule has 16 nitrogen and oxygen atoms in total. The average molecular weight is 1020 g/mol. The number of aryl methyl sites for hydroxylation is 1. The van der Waals surface area contributed by atoms with Crippen molar-refractivity contribution in [3.05, 3.63) is 94.3 Å². The molecule has 5 heterocycles. The highest BCUT2D eigenvalue weighted by Gasteiger charge is 2.45. The number of aromatic nitrogens is 3. The molecule has 72 heavy (non-hydrogen) atoms. The van der Waals surface area contributed by atoms with Gasteiger partial charge in [-0.2, -0.15) is 9.97 Å². The Labute approximate surface area is 426 Å².